The highest BCUT2D eigenvalue weighted by molar-refractivity contribution is 6.39. The summed E-state index contributed by atoms with van der Waals surface area (Å²) in [5, 5.41) is 84.8. The largest absolute Gasteiger partial charge is 0.549 e. The summed E-state index contributed by atoms with van der Waals surface area (Å²) in [7, 11) is 0. The maximum atomic E-state index is 14.5. The zero-order chi connectivity index (χ0) is 112. The van der Waals surface area contributed by atoms with Gasteiger partial charge in [0.1, 0.15) is 18.7 Å². The van der Waals surface area contributed by atoms with E-state index in [-0.39, 0.29) is 121 Å². The summed E-state index contributed by atoms with van der Waals surface area (Å²) in [5.41, 5.74) is -29.2. The number of amides is 5. The Morgan fingerprint density at radius 3 is 0.784 bits per heavy atom. The Bertz CT molecular complexity index is 4620. The van der Waals surface area contributed by atoms with E-state index < -0.39 is 305 Å². The number of fused-ring (bicyclic) bond motifs is 2. The Labute approximate surface area is 817 Å². The molecular weight excluding hydrogens is 2090 g/mol. The standard InChI is InChI=1S/C81H100F27N17O23/c82-73(83,84)70(74(85,86)87,75(88,89)90)146-43-69(44-147-71(76(91,92)93,77(94,95)96)78(97,98)99,45-148-72(79(100,101)102,80(103,104)105)81(106,107)108)42-145-41-58(128)125(46-109-9-11-111-67(143)65(141)54(29-48-31-113-52-7-3-1-5-50(48)52)115-56(126)33-117-13-17-119(35-59(129)130)21-25-123(39-63(137)138)26-22-120(18-14-117)36-60(131)132)47-110-10-12-112-68(144)66(142)55(30-49-32-114-53-8-4-2-6-51(49)53)116-57(127)34-118-15-19-121(37-61(133)134)23-27-124(40-64(139)140)28-24-122(20-16-118)38-62(135)136/h1-8,31-32,54-55,109-110,113-114H,9-30,33-47H2,(H,111,143)(H,112,144)(H,115,126)(H,116,127)(H,129,130)(H,131,132)(H,133,134)(H,135,136)(H,137,138)(H,139,140)/p-6. The number of alkyl halides is 27. The fourth-order valence-electron chi connectivity index (χ4n) is 15.2. The average molecular weight is 2190 g/mol. The van der Waals surface area contributed by atoms with E-state index in [9.17, 15) is 212 Å². The summed E-state index contributed by atoms with van der Waals surface area (Å²) < 4.78 is 405. The molecule has 0 radical (unpaired) electrons. The molecule has 4 aromatic rings. The van der Waals surface area contributed by atoms with Gasteiger partial charge in [-0.3, -0.25) is 83.4 Å². The summed E-state index contributed by atoms with van der Waals surface area (Å²) >= 11 is 0. The van der Waals surface area contributed by atoms with E-state index in [0.717, 1.165) is 0 Å². The molecule has 836 valence electrons. The first-order chi connectivity index (χ1) is 68.3. The zero-order valence-corrected chi connectivity index (χ0v) is 76.7. The fourth-order valence-corrected chi connectivity index (χ4v) is 15.2. The number of carboxylic acids is 6. The molecule has 40 nitrogen and oxygen atoms in total. The van der Waals surface area contributed by atoms with Crippen LogP contribution in [0.3, 0.4) is 0 Å². The Morgan fingerprint density at radius 1 is 0.324 bits per heavy atom. The number of carbonyl (C=O) groups excluding carboxylic acids is 13. The van der Waals surface area contributed by atoms with E-state index in [2.05, 4.69) is 60.8 Å². The van der Waals surface area contributed by atoms with Gasteiger partial charge in [0, 0.05) is 217 Å². The van der Waals surface area contributed by atoms with Crippen molar-refractivity contribution in [2.45, 2.75) is 97.3 Å². The summed E-state index contributed by atoms with van der Waals surface area (Å²) in [6, 6.07) is 8.34. The van der Waals surface area contributed by atoms with E-state index >= 15 is 0 Å². The van der Waals surface area contributed by atoms with Crippen LogP contribution in [0.15, 0.2) is 60.9 Å². The minimum atomic E-state index is -8.34. The van der Waals surface area contributed by atoms with Crippen LogP contribution in [-0.2, 0) is 94.1 Å². The molecule has 2 fully saturated rings. The van der Waals surface area contributed by atoms with Crippen LogP contribution in [0.4, 0.5) is 119 Å². The Kier molecular flexibility index (Phi) is 44.7. The highest BCUT2D eigenvalue weighted by Gasteiger charge is 2.89. The van der Waals surface area contributed by atoms with Gasteiger partial charge < -0.3 is 114 Å². The van der Waals surface area contributed by atoms with Crippen LogP contribution in [0, 0.1) is 5.41 Å². The van der Waals surface area contributed by atoms with Crippen molar-refractivity contribution in [1.82, 2.24) is 86.0 Å². The fraction of sp³-hybridized carbons (Fsp3) is 0.642. The third-order valence-corrected chi connectivity index (χ3v) is 22.8. The van der Waals surface area contributed by atoms with Crippen molar-refractivity contribution < 1.29 is 230 Å². The quantitative estimate of drug-likeness (QED) is 0.00888. The SMILES string of the molecule is O=C([O-])CN1CCN(CC(=O)[O-])CCN(CC(=O)NC(Cc2c[nH]c3ccccc23)C(=O)C(=O)NCCNCN(CNCCNC(=O)C(=O)C(Cc2c[nH]c3ccccc23)NC(=O)CN2CCN(CC(=O)[O-])CCN(CC(=O)[O-])CCN(CC(=O)[O-])CC2)C(=O)COCC(COC(C(F)(F)F)(C(F)(F)F)C(F)(F)F)(COC(C(F)(F)F)(C(F)(F)F)C(F)(F)F)COC(C(F)(F)F)(C(F)(F)F)C(F)(F)F)CCN(CC(=O)[O-])CC1. The number of ether oxygens (including phenoxy) is 4. The maximum Gasteiger partial charge on any atom is 0.435 e. The number of nitrogens with one attached hydrogen (secondary N) is 8. The molecule has 148 heavy (non-hydrogen) atoms. The molecule has 5 amide bonds. The van der Waals surface area contributed by atoms with Crippen molar-refractivity contribution in [3.63, 3.8) is 0 Å². The van der Waals surface area contributed by atoms with Gasteiger partial charge in [-0.1, -0.05) is 36.4 Å². The van der Waals surface area contributed by atoms with Gasteiger partial charge in [0.15, 0.2) is 0 Å². The zero-order valence-electron chi connectivity index (χ0n) is 76.7. The average Bonchev–Trinajstić information content (AvgIpc) is 0.843. The number of aliphatic carboxylic acids is 6. The first-order valence-corrected chi connectivity index (χ1v) is 43.4. The number of H-pyrrole nitrogens is 2. The maximum absolute atomic E-state index is 14.5. The van der Waals surface area contributed by atoms with Gasteiger partial charge in [0.25, 0.3) is 17.7 Å². The predicted octanol–water partition coefficient (Wildman–Crippen LogP) is -5.03. The number of rotatable bonds is 49. The normalized spacial score (nSPS) is 16.8. The van der Waals surface area contributed by atoms with Crippen LogP contribution in [0.2, 0.25) is 0 Å². The summed E-state index contributed by atoms with van der Waals surface area (Å²) in [4.78, 5) is 187. The lowest BCUT2D eigenvalue weighted by molar-refractivity contribution is -0.474. The molecule has 0 bridgehead atoms. The minimum absolute atomic E-state index is 0.0678. The molecule has 8 N–H and O–H groups in total. The van der Waals surface area contributed by atoms with Crippen LogP contribution in [-0.4, -0.2) is 445 Å². The van der Waals surface area contributed by atoms with E-state index in [1.165, 1.54) is 88.0 Å². The van der Waals surface area contributed by atoms with Crippen LogP contribution < -0.4 is 62.5 Å². The van der Waals surface area contributed by atoms with Gasteiger partial charge in [-0.25, -0.2) is 0 Å². The number of Topliss-reactive ketones (excluding diaryl/α,β-unsaturated/α-hetero) is 2. The topological polar surface area (TPSA) is 530 Å². The number of benzene rings is 2. The molecule has 2 aromatic heterocycles. The Balaban J connectivity index is 1.38. The lowest BCUT2D eigenvalue weighted by Gasteiger charge is -2.45. The molecular formula is C81H94F27N17O23-6. The predicted molar refractivity (Wildman–Crippen MR) is 432 cm³/mol. The molecule has 6 rings (SSSR count). The van der Waals surface area contributed by atoms with Crippen LogP contribution >= 0.6 is 0 Å². The Hall–Kier alpha value is -11.4. The molecule has 2 atom stereocenters. The second-order valence-corrected chi connectivity index (χ2v) is 33.7. The molecule has 2 aliphatic heterocycles. The number of nitrogens with zero attached hydrogens (tertiary/aromatic N) is 9. The minimum Gasteiger partial charge on any atom is -0.549 e. The molecule has 2 unspecified atom stereocenters. The molecule has 4 heterocycles. The molecule has 0 saturated carbocycles. The lowest BCUT2D eigenvalue weighted by Crippen LogP contribution is -2.71. The van der Waals surface area contributed by atoms with Gasteiger partial charge in [-0.15, -0.1) is 0 Å². The van der Waals surface area contributed by atoms with Gasteiger partial charge in [0.2, 0.25) is 23.4 Å². The number of carboxylic acid groups (broad SMARTS) is 6. The van der Waals surface area contributed by atoms with Crippen molar-refractivity contribution in [3.05, 3.63) is 72.1 Å². The second-order valence-electron chi connectivity index (χ2n) is 33.7. The number of ketones is 2. The summed E-state index contributed by atoms with van der Waals surface area (Å²) in [6.07, 6.45) is -73.6. The van der Waals surface area contributed by atoms with Crippen molar-refractivity contribution in [2.75, 3.05) is 230 Å². The number of para-hydroxylation sites is 2. The number of aromatic amines is 2. The van der Waals surface area contributed by atoms with Gasteiger partial charge in [-0.05, 0) is 23.3 Å². The van der Waals surface area contributed by atoms with Gasteiger partial charge >= 0.3 is 72.4 Å². The number of carbonyl (C=O) groups is 13. The molecule has 2 aromatic carbocycles. The second kappa shape index (κ2) is 52.8. The first-order valence-electron chi connectivity index (χ1n) is 43.4. The number of halogens is 27. The van der Waals surface area contributed by atoms with E-state index in [1.807, 2.05) is 0 Å². The smallest absolute Gasteiger partial charge is 0.435 e. The highest BCUT2D eigenvalue weighted by atomic mass is 19.5. The van der Waals surface area contributed by atoms with Crippen molar-refractivity contribution in [2.24, 2.45) is 5.41 Å². The van der Waals surface area contributed by atoms with E-state index in [1.54, 1.807) is 12.1 Å². The van der Waals surface area contributed by atoms with E-state index in [4.69, 9.17) is 0 Å². The highest BCUT2D eigenvalue weighted by Crippen LogP contribution is 2.60. The van der Waals surface area contributed by atoms with Gasteiger partial charge in [0.05, 0.1) is 94.1 Å². The van der Waals surface area contributed by atoms with E-state index in [0.29, 0.717) is 21.8 Å². The molecule has 2 aliphatic rings. The van der Waals surface area contributed by atoms with Crippen molar-refractivity contribution >= 4 is 98.7 Å². The molecule has 0 spiro atoms. The lowest BCUT2D eigenvalue weighted by atomic mass is 9.89. The number of hydrogen-bond donors (Lipinski definition) is 8. The monoisotopic (exact) mass is 2190 g/mol. The first kappa shape index (κ1) is 125. The molecule has 0 aliphatic carbocycles. The van der Waals surface area contributed by atoms with Crippen molar-refractivity contribution in [1.29, 1.82) is 0 Å². The summed E-state index contributed by atoms with van der Waals surface area (Å²) in [6.45, 7) is -34.6. The van der Waals surface area contributed by atoms with Crippen molar-refractivity contribution in [3.8, 4) is 0 Å². The number of aromatic nitrogens is 2. The third-order valence-electron chi connectivity index (χ3n) is 22.8. The molecule has 67 heteroatoms. The number of hydrogen-bond acceptors (Lipinski definition) is 33. The third kappa shape index (κ3) is 35.1. The molecule has 2 saturated heterocycles. The Morgan fingerprint density at radius 2 is 0.554 bits per heavy atom. The van der Waals surface area contributed by atoms with Crippen LogP contribution in [0.1, 0.15) is 11.1 Å². The summed E-state index contributed by atoms with van der Waals surface area (Å²) in [5.74, 6) is -20.3. The van der Waals surface area contributed by atoms with Gasteiger partial charge in [-0.2, -0.15) is 119 Å². The van der Waals surface area contributed by atoms with Crippen LogP contribution in [0.5, 0.6) is 0 Å². The van der Waals surface area contributed by atoms with Crippen LogP contribution in [0.25, 0.3) is 21.8 Å².